The monoisotopic (exact) mass is 260 g/mol. The number of rotatable bonds is 1. The minimum atomic E-state index is 0.579. The van der Waals surface area contributed by atoms with Gasteiger partial charge in [-0.05, 0) is 24.3 Å². The minimum Gasteiger partial charge on any atom is -0.398 e. The summed E-state index contributed by atoms with van der Waals surface area (Å²) in [5.41, 5.74) is 8.41. The van der Waals surface area contributed by atoms with Gasteiger partial charge in [-0.3, -0.25) is 0 Å². The Bertz CT molecular complexity index is 658. The van der Waals surface area contributed by atoms with Crippen molar-refractivity contribution in [2.45, 2.75) is 0 Å². The number of nitrogens with two attached hydrogens (primary N) is 1. The van der Waals surface area contributed by atoms with Crippen LogP contribution in [0.4, 0.5) is 5.69 Å². The van der Waals surface area contributed by atoms with Crippen LogP contribution in [0.5, 0.6) is 0 Å². The molecule has 0 aliphatic heterocycles. The topological polar surface area (TPSA) is 38.9 Å². The lowest BCUT2D eigenvalue weighted by Crippen LogP contribution is -1.86. The number of nitrogens with zero attached hydrogens (tertiary/aromatic N) is 1. The van der Waals surface area contributed by atoms with Gasteiger partial charge in [0.1, 0.15) is 5.01 Å². The maximum Gasteiger partial charge on any atom is 0.124 e. The lowest BCUT2D eigenvalue weighted by atomic mass is 10.2. The Hall–Kier alpha value is -1.58. The summed E-state index contributed by atoms with van der Waals surface area (Å²) in [5, 5.41) is 1.55. The van der Waals surface area contributed by atoms with Crippen LogP contribution in [-0.2, 0) is 0 Å². The van der Waals surface area contributed by atoms with Crippen molar-refractivity contribution in [3.8, 4) is 10.6 Å². The highest BCUT2D eigenvalue weighted by Crippen LogP contribution is 2.32. The molecule has 2 aromatic carbocycles. The molecule has 17 heavy (non-hydrogen) atoms. The second-order valence-corrected chi connectivity index (χ2v) is 5.16. The molecule has 0 atom stereocenters. The maximum absolute atomic E-state index is 5.90. The molecule has 4 heteroatoms. The van der Waals surface area contributed by atoms with Crippen LogP contribution in [0.2, 0.25) is 5.02 Å². The number of anilines is 1. The number of hydrogen-bond donors (Lipinski definition) is 1. The summed E-state index contributed by atoms with van der Waals surface area (Å²) in [6.45, 7) is 0. The molecule has 1 aromatic heterocycles. The van der Waals surface area contributed by atoms with Crippen molar-refractivity contribution in [1.29, 1.82) is 0 Å². The number of thiazole rings is 1. The van der Waals surface area contributed by atoms with Crippen LogP contribution < -0.4 is 5.73 Å². The van der Waals surface area contributed by atoms with Crippen molar-refractivity contribution >= 4 is 38.8 Å². The van der Waals surface area contributed by atoms with Gasteiger partial charge in [0, 0.05) is 5.56 Å². The van der Waals surface area contributed by atoms with E-state index in [4.69, 9.17) is 17.3 Å². The lowest BCUT2D eigenvalue weighted by Gasteiger charge is -2.00. The molecule has 0 bridgehead atoms. The Morgan fingerprint density at radius 3 is 2.71 bits per heavy atom. The van der Waals surface area contributed by atoms with E-state index in [9.17, 15) is 0 Å². The second-order valence-electron chi connectivity index (χ2n) is 3.72. The van der Waals surface area contributed by atoms with Crippen LogP contribution in [0.25, 0.3) is 20.8 Å². The normalized spacial score (nSPS) is 10.9. The zero-order valence-corrected chi connectivity index (χ0v) is 10.4. The number of halogens is 1. The number of para-hydroxylation sites is 1. The van der Waals surface area contributed by atoms with Crippen LogP contribution >= 0.6 is 22.9 Å². The van der Waals surface area contributed by atoms with E-state index in [2.05, 4.69) is 11.1 Å². The zero-order chi connectivity index (χ0) is 11.8. The fraction of sp³-hybridized carbons (Fsp3) is 0. The maximum atomic E-state index is 5.90. The van der Waals surface area contributed by atoms with E-state index in [-0.39, 0.29) is 0 Å². The average molecular weight is 261 g/mol. The molecular formula is C13H9ClN2S. The van der Waals surface area contributed by atoms with Crippen LogP contribution in [0.15, 0.2) is 42.5 Å². The predicted octanol–water partition coefficient (Wildman–Crippen LogP) is 4.20. The van der Waals surface area contributed by atoms with Crippen LogP contribution in [-0.4, -0.2) is 4.98 Å². The summed E-state index contributed by atoms with van der Waals surface area (Å²) in [6.07, 6.45) is 0. The Morgan fingerprint density at radius 1 is 1.12 bits per heavy atom. The largest absolute Gasteiger partial charge is 0.398 e. The number of aromatic nitrogens is 1. The molecule has 0 radical (unpaired) electrons. The predicted molar refractivity (Wildman–Crippen MR) is 74.5 cm³/mol. The average Bonchev–Trinajstić information content (AvgIpc) is 2.76. The zero-order valence-electron chi connectivity index (χ0n) is 8.85. The molecule has 84 valence electrons. The van der Waals surface area contributed by atoms with Gasteiger partial charge < -0.3 is 5.73 Å². The van der Waals surface area contributed by atoms with Gasteiger partial charge in [-0.25, -0.2) is 4.98 Å². The van der Waals surface area contributed by atoms with Gasteiger partial charge in [0.25, 0.3) is 0 Å². The first-order valence-electron chi connectivity index (χ1n) is 5.15. The van der Waals surface area contributed by atoms with E-state index >= 15 is 0 Å². The summed E-state index contributed by atoms with van der Waals surface area (Å²) in [6, 6.07) is 13.7. The molecule has 0 fully saturated rings. The summed E-state index contributed by atoms with van der Waals surface area (Å²) in [5.74, 6) is 0. The first-order valence-corrected chi connectivity index (χ1v) is 6.34. The first-order chi connectivity index (χ1) is 8.24. The molecule has 2 N–H and O–H groups in total. The molecule has 0 aliphatic carbocycles. The van der Waals surface area contributed by atoms with Gasteiger partial charge >= 0.3 is 0 Å². The molecule has 0 aliphatic rings. The first kappa shape index (κ1) is 10.6. The van der Waals surface area contributed by atoms with Crippen LogP contribution in [0.1, 0.15) is 0 Å². The third-order valence-electron chi connectivity index (χ3n) is 2.54. The summed E-state index contributed by atoms with van der Waals surface area (Å²) < 4.78 is 1.18. The highest BCUT2D eigenvalue weighted by molar-refractivity contribution is 7.21. The number of fused-ring (bicyclic) bond motifs is 1. The third-order valence-corrected chi connectivity index (χ3v) is 3.97. The van der Waals surface area contributed by atoms with E-state index in [1.807, 2.05) is 30.3 Å². The second kappa shape index (κ2) is 4.02. The molecular weight excluding hydrogens is 252 g/mol. The fourth-order valence-corrected chi connectivity index (χ4v) is 2.75. The van der Waals surface area contributed by atoms with E-state index in [1.165, 1.54) is 4.70 Å². The van der Waals surface area contributed by atoms with Gasteiger partial charge in [0.05, 0.1) is 20.9 Å². The highest BCUT2D eigenvalue weighted by Gasteiger charge is 2.07. The van der Waals surface area contributed by atoms with E-state index < -0.39 is 0 Å². The highest BCUT2D eigenvalue weighted by atomic mass is 35.5. The molecule has 0 spiro atoms. The molecule has 3 rings (SSSR count). The number of hydrogen-bond acceptors (Lipinski definition) is 3. The van der Waals surface area contributed by atoms with Crippen LogP contribution in [0, 0.1) is 0 Å². The summed E-state index contributed by atoms with van der Waals surface area (Å²) in [4.78, 5) is 4.57. The van der Waals surface area contributed by atoms with Crippen molar-refractivity contribution in [2.75, 3.05) is 5.73 Å². The molecule has 0 saturated carbocycles. The Labute approximate surface area is 108 Å². The third kappa shape index (κ3) is 1.88. The van der Waals surface area contributed by atoms with E-state index in [0.717, 1.165) is 16.1 Å². The van der Waals surface area contributed by atoms with Crippen molar-refractivity contribution in [3.05, 3.63) is 47.5 Å². The number of benzene rings is 2. The van der Waals surface area contributed by atoms with E-state index in [0.29, 0.717) is 10.7 Å². The molecule has 0 unspecified atom stereocenters. The van der Waals surface area contributed by atoms with Gasteiger partial charge in [0.2, 0.25) is 0 Å². The van der Waals surface area contributed by atoms with Crippen LogP contribution in [0.3, 0.4) is 0 Å². The van der Waals surface area contributed by atoms with Crippen molar-refractivity contribution in [2.24, 2.45) is 0 Å². The van der Waals surface area contributed by atoms with Crippen molar-refractivity contribution in [1.82, 2.24) is 4.98 Å². The van der Waals surface area contributed by atoms with Crippen molar-refractivity contribution in [3.63, 3.8) is 0 Å². The SMILES string of the molecule is Nc1cc(-c2nc3ccccc3s2)ccc1Cl. The Balaban J connectivity index is 2.17. The quantitative estimate of drug-likeness (QED) is 0.666. The smallest absolute Gasteiger partial charge is 0.124 e. The Morgan fingerprint density at radius 2 is 1.94 bits per heavy atom. The molecule has 1 heterocycles. The van der Waals surface area contributed by atoms with Gasteiger partial charge in [-0.2, -0.15) is 0 Å². The van der Waals surface area contributed by atoms with Gasteiger partial charge in [-0.1, -0.05) is 29.8 Å². The Kier molecular flexibility index (Phi) is 2.50. The van der Waals surface area contributed by atoms with Crippen molar-refractivity contribution < 1.29 is 0 Å². The molecule has 0 saturated heterocycles. The standard InChI is InChI=1S/C13H9ClN2S/c14-9-6-5-8(7-10(9)15)13-16-11-3-1-2-4-12(11)17-13/h1-7H,15H2. The molecule has 2 nitrogen and oxygen atoms in total. The lowest BCUT2D eigenvalue weighted by molar-refractivity contribution is 1.48. The summed E-state index contributed by atoms with van der Waals surface area (Å²) in [7, 11) is 0. The number of nitrogen functional groups attached to an aromatic ring is 1. The molecule has 0 amide bonds. The van der Waals surface area contributed by atoms with Gasteiger partial charge in [0.15, 0.2) is 0 Å². The summed E-state index contributed by atoms with van der Waals surface area (Å²) >= 11 is 7.56. The van der Waals surface area contributed by atoms with Gasteiger partial charge in [-0.15, -0.1) is 11.3 Å². The molecule has 3 aromatic rings. The minimum absolute atomic E-state index is 0.579. The van der Waals surface area contributed by atoms with E-state index in [1.54, 1.807) is 17.4 Å². The fourth-order valence-electron chi connectivity index (χ4n) is 1.67.